The fourth-order valence-electron chi connectivity index (χ4n) is 1.05. The molecule has 0 aliphatic rings. The molecule has 0 bridgehead atoms. The SMILES string of the molecule is CC(C)(C)CC(O)CSCCO. The molecule has 1 atom stereocenters. The third-order valence-electron chi connectivity index (χ3n) is 1.39. The van der Waals surface area contributed by atoms with E-state index in [0.717, 1.165) is 17.9 Å². The van der Waals surface area contributed by atoms with Gasteiger partial charge in [-0.25, -0.2) is 0 Å². The molecule has 0 amide bonds. The summed E-state index contributed by atoms with van der Waals surface area (Å²) < 4.78 is 0. The first-order valence-corrected chi connectivity index (χ1v) is 5.48. The Morgan fingerprint density at radius 3 is 2.33 bits per heavy atom. The van der Waals surface area contributed by atoms with E-state index in [9.17, 15) is 5.11 Å². The zero-order valence-electron chi connectivity index (χ0n) is 8.21. The van der Waals surface area contributed by atoms with Crippen LogP contribution in [0.3, 0.4) is 0 Å². The molecular formula is C9H20O2S. The van der Waals surface area contributed by atoms with Crippen LogP contribution in [0.2, 0.25) is 0 Å². The summed E-state index contributed by atoms with van der Waals surface area (Å²) in [5.41, 5.74) is 0.194. The highest BCUT2D eigenvalue weighted by Crippen LogP contribution is 2.22. The maximum absolute atomic E-state index is 9.51. The highest BCUT2D eigenvalue weighted by Gasteiger charge is 2.16. The lowest BCUT2D eigenvalue weighted by atomic mass is 9.90. The Kier molecular flexibility index (Phi) is 5.97. The zero-order chi connectivity index (χ0) is 9.61. The number of thioether (sulfide) groups is 1. The van der Waals surface area contributed by atoms with Crippen molar-refractivity contribution in [2.75, 3.05) is 18.1 Å². The highest BCUT2D eigenvalue weighted by atomic mass is 32.2. The molecule has 0 aliphatic heterocycles. The molecule has 0 saturated heterocycles. The van der Waals surface area contributed by atoms with Crippen molar-refractivity contribution in [1.82, 2.24) is 0 Å². The first-order valence-electron chi connectivity index (χ1n) is 4.32. The molecular weight excluding hydrogens is 172 g/mol. The van der Waals surface area contributed by atoms with Crippen LogP contribution in [-0.4, -0.2) is 34.4 Å². The third kappa shape index (κ3) is 8.37. The van der Waals surface area contributed by atoms with Crippen LogP contribution in [0.15, 0.2) is 0 Å². The van der Waals surface area contributed by atoms with E-state index in [4.69, 9.17) is 5.11 Å². The maximum atomic E-state index is 9.51. The van der Waals surface area contributed by atoms with Crippen LogP contribution in [0, 0.1) is 5.41 Å². The summed E-state index contributed by atoms with van der Waals surface area (Å²) >= 11 is 1.60. The van der Waals surface area contributed by atoms with Gasteiger partial charge in [0.2, 0.25) is 0 Å². The molecule has 0 spiro atoms. The van der Waals surface area contributed by atoms with Gasteiger partial charge in [-0.3, -0.25) is 0 Å². The van der Waals surface area contributed by atoms with Crippen LogP contribution in [0.25, 0.3) is 0 Å². The second-order valence-corrected chi connectivity index (χ2v) is 5.37. The molecule has 0 rings (SSSR count). The molecule has 2 N–H and O–H groups in total. The van der Waals surface area contributed by atoms with Gasteiger partial charge in [-0.2, -0.15) is 11.8 Å². The number of rotatable bonds is 5. The fourth-order valence-corrected chi connectivity index (χ4v) is 1.74. The Hall–Kier alpha value is 0.270. The minimum Gasteiger partial charge on any atom is -0.396 e. The van der Waals surface area contributed by atoms with Crippen molar-refractivity contribution in [3.8, 4) is 0 Å². The summed E-state index contributed by atoms with van der Waals surface area (Å²) in [7, 11) is 0. The van der Waals surface area contributed by atoms with Gasteiger partial charge < -0.3 is 10.2 Å². The van der Waals surface area contributed by atoms with E-state index in [1.54, 1.807) is 11.8 Å². The van der Waals surface area contributed by atoms with Crippen molar-refractivity contribution in [2.45, 2.75) is 33.3 Å². The quantitative estimate of drug-likeness (QED) is 0.649. The Bertz CT molecular complexity index is 110. The average Bonchev–Trinajstić information content (AvgIpc) is 1.84. The largest absolute Gasteiger partial charge is 0.396 e. The van der Waals surface area contributed by atoms with Gasteiger partial charge in [0.05, 0.1) is 12.7 Å². The Labute approximate surface area is 79.4 Å². The number of aliphatic hydroxyl groups is 2. The van der Waals surface area contributed by atoms with Crippen LogP contribution in [0.5, 0.6) is 0 Å². The molecule has 1 unspecified atom stereocenters. The van der Waals surface area contributed by atoms with Crippen molar-refractivity contribution in [1.29, 1.82) is 0 Å². The molecule has 0 heterocycles. The topological polar surface area (TPSA) is 40.5 Å². The third-order valence-corrected chi connectivity index (χ3v) is 2.49. The maximum Gasteiger partial charge on any atom is 0.0635 e. The predicted octanol–water partition coefficient (Wildman–Crippen LogP) is 1.51. The predicted molar refractivity (Wildman–Crippen MR) is 54.5 cm³/mol. The van der Waals surface area contributed by atoms with Gasteiger partial charge in [-0.05, 0) is 11.8 Å². The summed E-state index contributed by atoms with van der Waals surface area (Å²) in [5.74, 6) is 1.46. The second-order valence-electron chi connectivity index (χ2n) is 4.22. The molecule has 74 valence electrons. The van der Waals surface area contributed by atoms with Gasteiger partial charge in [0, 0.05) is 11.5 Å². The first kappa shape index (κ1) is 12.3. The lowest BCUT2D eigenvalue weighted by molar-refractivity contribution is 0.142. The van der Waals surface area contributed by atoms with Crippen LogP contribution >= 0.6 is 11.8 Å². The molecule has 0 fully saturated rings. The van der Waals surface area contributed by atoms with E-state index in [-0.39, 0.29) is 18.1 Å². The molecule has 0 saturated carbocycles. The minimum atomic E-state index is -0.235. The highest BCUT2D eigenvalue weighted by molar-refractivity contribution is 7.99. The van der Waals surface area contributed by atoms with Crippen molar-refractivity contribution >= 4 is 11.8 Å². The lowest BCUT2D eigenvalue weighted by Crippen LogP contribution is -2.19. The summed E-state index contributed by atoms with van der Waals surface area (Å²) in [6.07, 6.45) is 0.590. The normalized spacial score (nSPS) is 14.8. The summed E-state index contributed by atoms with van der Waals surface area (Å²) in [5, 5.41) is 18.0. The van der Waals surface area contributed by atoms with Gasteiger partial charge in [0.15, 0.2) is 0 Å². The summed E-state index contributed by atoms with van der Waals surface area (Å²) in [6, 6.07) is 0. The van der Waals surface area contributed by atoms with Crippen molar-refractivity contribution in [2.24, 2.45) is 5.41 Å². The van der Waals surface area contributed by atoms with Crippen molar-refractivity contribution < 1.29 is 10.2 Å². The van der Waals surface area contributed by atoms with Crippen molar-refractivity contribution in [3.63, 3.8) is 0 Å². The zero-order valence-corrected chi connectivity index (χ0v) is 9.02. The first-order chi connectivity index (χ1) is 5.45. The standard InChI is InChI=1S/C9H20O2S/c1-9(2,3)6-8(11)7-12-5-4-10/h8,10-11H,4-7H2,1-3H3. The van der Waals surface area contributed by atoms with Crippen LogP contribution in [0.1, 0.15) is 27.2 Å². The van der Waals surface area contributed by atoms with Gasteiger partial charge in [-0.1, -0.05) is 20.8 Å². The van der Waals surface area contributed by atoms with Gasteiger partial charge in [0.25, 0.3) is 0 Å². The van der Waals surface area contributed by atoms with E-state index < -0.39 is 0 Å². The molecule has 12 heavy (non-hydrogen) atoms. The molecule has 0 aromatic rings. The molecule has 0 aliphatic carbocycles. The van der Waals surface area contributed by atoms with Crippen LogP contribution in [-0.2, 0) is 0 Å². The van der Waals surface area contributed by atoms with Gasteiger partial charge in [0.1, 0.15) is 0 Å². The molecule has 0 radical (unpaired) electrons. The summed E-state index contributed by atoms with van der Waals surface area (Å²) in [4.78, 5) is 0. The van der Waals surface area contributed by atoms with Crippen molar-refractivity contribution in [3.05, 3.63) is 0 Å². The smallest absolute Gasteiger partial charge is 0.0635 e. The summed E-state index contributed by atoms with van der Waals surface area (Å²) in [6.45, 7) is 6.56. The van der Waals surface area contributed by atoms with Gasteiger partial charge in [-0.15, -0.1) is 0 Å². The van der Waals surface area contributed by atoms with E-state index >= 15 is 0 Å². The number of hydrogen-bond acceptors (Lipinski definition) is 3. The Morgan fingerprint density at radius 1 is 1.33 bits per heavy atom. The number of hydrogen-bond donors (Lipinski definition) is 2. The van der Waals surface area contributed by atoms with E-state index in [1.165, 1.54) is 0 Å². The fraction of sp³-hybridized carbons (Fsp3) is 1.00. The molecule has 2 nitrogen and oxygen atoms in total. The minimum absolute atomic E-state index is 0.194. The number of aliphatic hydroxyl groups excluding tert-OH is 2. The Morgan fingerprint density at radius 2 is 1.92 bits per heavy atom. The molecule has 0 aromatic heterocycles. The van der Waals surface area contributed by atoms with Gasteiger partial charge >= 0.3 is 0 Å². The Balaban J connectivity index is 3.40. The molecule has 3 heteroatoms. The van der Waals surface area contributed by atoms with E-state index in [2.05, 4.69) is 20.8 Å². The monoisotopic (exact) mass is 192 g/mol. The van der Waals surface area contributed by atoms with Crippen LogP contribution in [0.4, 0.5) is 0 Å². The lowest BCUT2D eigenvalue weighted by Gasteiger charge is -2.21. The van der Waals surface area contributed by atoms with Crippen LogP contribution < -0.4 is 0 Å². The van der Waals surface area contributed by atoms with E-state index in [1.807, 2.05) is 0 Å². The van der Waals surface area contributed by atoms with E-state index in [0.29, 0.717) is 0 Å². The second kappa shape index (κ2) is 5.84. The average molecular weight is 192 g/mol. The molecule has 0 aromatic carbocycles.